The molecule has 4 aromatic carbocycles. The minimum Gasteiger partial charge on any atom is -0.496 e. The Kier molecular flexibility index (Phi) is 12.9. The van der Waals surface area contributed by atoms with Crippen molar-refractivity contribution in [3.05, 3.63) is 95.3 Å². The quantitative estimate of drug-likeness (QED) is 0.157. The first-order chi connectivity index (χ1) is 25.3. The van der Waals surface area contributed by atoms with Gasteiger partial charge in [0.25, 0.3) is 0 Å². The molecule has 284 valence electrons. The molecule has 0 bridgehead atoms. The van der Waals surface area contributed by atoms with Gasteiger partial charge in [-0.25, -0.2) is 4.39 Å². The number of hydrogen-bond donors (Lipinski definition) is 2. The minimum atomic E-state index is -4.32. The highest BCUT2D eigenvalue weighted by molar-refractivity contribution is 6.01. The number of likely N-dealkylation sites (tertiary alicyclic amines) is 1. The van der Waals surface area contributed by atoms with Crippen molar-refractivity contribution in [3.63, 3.8) is 0 Å². The number of halogens is 4. The molecule has 2 saturated heterocycles. The molecule has 53 heavy (non-hydrogen) atoms. The standard InChI is InChI=1S/C27H31NO4.C15H18F4N2/c1-31-24-14-12-20(18-28-16-4-3-5-17-28)27(32-2)26(24)23-11-7-9-21-19(13-15-25(29)30)8-6-10-22(21)23;1-9-7-11(8-12(16)14(9)10(2)20)21-6-4-3-5-13(21)15(17,18)19/h6-12,14H,3-5,13,15-18H2,1-2H3,(H,29,30);7-8,13H,2-6,20H2,1H3. The molecular weight excluding hydrogens is 686 g/mol. The zero-order valence-corrected chi connectivity index (χ0v) is 30.7. The van der Waals surface area contributed by atoms with Crippen LogP contribution in [0, 0.1) is 12.7 Å². The lowest BCUT2D eigenvalue weighted by Gasteiger charge is -2.38. The number of aryl methyl sites for hydroxylation is 2. The van der Waals surface area contributed by atoms with Gasteiger partial charge in [-0.15, -0.1) is 0 Å². The second-order valence-electron chi connectivity index (χ2n) is 13.8. The zero-order chi connectivity index (χ0) is 38.3. The summed E-state index contributed by atoms with van der Waals surface area (Å²) in [5.74, 6) is 0.196. The molecule has 7 nitrogen and oxygen atoms in total. The summed E-state index contributed by atoms with van der Waals surface area (Å²) < 4.78 is 65.2. The van der Waals surface area contributed by atoms with Crippen LogP contribution in [0.25, 0.3) is 27.6 Å². The van der Waals surface area contributed by atoms with E-state index in [1.165, 1.54) is 24.2 Å². The van der Waals surface area contributed by atoms with Crippen LogP contribution < -0.4 is 20.1 Å². The number of aliphatic carboxylic acids is 1. The van der Waals surface area contributed by atoms with Gasteiger partial charge in [-0.05, 0) is 104 Å². The number of fused-ring (bicyclic) bond motifs is 1. The number of alkyl halides is 3. The predicted molar refractivity (Wildman–Crippen MR) is 203 cm³/mol. The first-order valence-electron chi connectivity index (χ1n) is 18.1. The molecule has 1 atom stereocenters. The molecule has 6 rings (SSSR count). The fourth-order valence-corrected chi connectivity index (χ4v) is 7.68. The number of carboxylic acids is 1. The van der Waals surface area contributed by atoms with E-state index < -0.39 is 24.0 Å². The van der Waals surface area contributed by atoms with Crippen LogP contribution in [0.1, 0.15) is 67.2 Å². The van der Waals surface area contributed by atoms with Crippen LogP contribution in [0.15, 0.2) is 67.2 Å². The average Bonchev–Trinajstić information content (AvgIpc) is 3.13. The molecule has 0 amide bonds. The van der Waals surface area contributed by atoms with E-state index in [0.29, 0.717) is 24.8 Å². The summed E-state index contributed by atoms with van der Waals surface area (Å²) in [5.41, 5.74) is 10.7. The minimum absolute atomic E-state index is 0.0372. The number of anilines is 1. The number of carbonyl (C=O) groups is 1. The van der Waals surface area contributed by atoms with Crippen LogP contribution in [-0.2, 0) is 17.8 Å². The molecule has 4 aromatic rings. The molecule has 0 saturated carbocycles. The number of ether oxygens (including phenoxy) is 2. The first-order valence-corrected chi connectivity index (χ1v) is 18.1. The fourth-order valence-electron chi connectivity index (χ4n) is 7.68. The van der Waals surface area contributed by atoms with E-state index in [2.05, 4.69) is 35.7 Å². The number of nitrogens with two attached hydrogens (primary N) is 1. The smallest absolute Gasteiger partial charge is 0.408 e. The number of methoxy groups -OCH3 is 2. The van der Waals surface area contributed by atoms with Gasteiger partial charge in [-0.1, -0.05) is 55.5 Å². The molecule has 0 aliphatic carbocycles. The number of benzene rings is 4. The van der Waals surface area contributed by atoms with Crippen molar-refractivity contribution >= 4 is 28.1 Å². The van der Waals surface area contributed by atoms with Crippen molar-refractivity contribution in [1.82, 2.24) is 4.90 Å². The average molecular weight is 736 g/mol. The molecule has 0 radical (unpaired) electrons. The van der Waals surface area contributed by atoms with E-state index in [4.69, 9.17) is 20.3 Å². The normalized spacial score (nSPS) is 16.5. The van der Waals surface area contributed by atoms with Gasteiger partial charge < -0.3 is 25.2 Å². The lowest BCUT2D eigenvalue weighted by Crippen LogP contribution is -2.48. The maximum absolute atomic E-state index is 14.1. The van der Waals surface area contributed by atoms with Crippen LogP contribution >= 0.6 is 0 Å². The monoisotopic (exact) mass is 735 g/mol. The van der Waals surface area contributed by atoms with E-state index >= 15 is 0 Å². The van der Waals surface area contributed by atoms with Crippen LogP contribution in [0.4, 0.5) is 23.2 Å². The van der Waals surface area contributed by atoms with Gasteiger partial charge in [0.1, 0.15) is 23.4 Å². The number of piperidine rings is 2. The van der Waals surface area contributed by atoms with E-state index in [-0.39, 0.29) is 36.3 Å². The summed E-state index contributed by atoms with van der Waals surface area (Å²) in [6, 6.07) is 17.5. The summed E-state index contributed by atoms with van der Waals surface area (Å²) in [6.45, 7) is 8.46. The molecular formula is C42H49F4N3O4. The number of rotatable bonds is 10. The second kappa shape index (κ2) is 17.4. The highest BCUT2D eigenvalue weighted by atomic mass is 19.4. The summed E-state index contributed by atoms with van der Waals surface area (Å²) in [5, 5.41) is 11.3. The van der Waals surface area contributed by atoms with Gasteiger partial charge in [-0.3, -0.25) is 9.69 Å². The van der Waals surface area contributed by atoms with E-state index in [1.807, 2.05) is 24.3 Å². The van der Waals surface area contributed by atoms with Gasteiger partial charge in [0, 0.05) is 42.0 Å². The van der Waals surface area contributed by atoms with Crippen molar-refractivity contribution in [3.8, 4) is 22.6 Å². The maximum atomic E-state index is 14.1. The van der Waals surface area contributed by atoms with Crippen LogP contribution in [0.5, 0.6) is 11.5 Å². The molecule has 3 N–H and O–H groups in total. The summed E-state index contributed by atoms with van der Waals surface area (Å²) in [4.78, 5) is 14.9. The zero-order valence-electron chi connectivity index (χ0n) is 30.7. The third kappa shape index (κ3) is 9.25. The van der Waals surface area contributed by atoms with Crippen molar-refractivity contribution in [2.75, 3.05) is 38.8 Å². The molecule has 1 unspecified atom stereocenters. The first kappa shape index (κ1) is 39.4. The van der Waals surface area contributed by atoms with Crippen LogP contribution in [0.2, 0.25) is 0 Å². The Hall–Kier alpha value is -4.77. The van der Waals surface area contributed by atoms with E-state index in [9.17, 15) is 22.4 Å². The number of nitrogens with zero attached hydrogens (tertiary/aromatic N) is 2. The summed E-state index contributed by atoms with van der Waals surface area (Å²) in [6.07, 6.45) is 1.32. The van der Waals surface area contributed by atoms with Gasteiger partial charge >= 0.3 is 12.1 Å². The summed E-state index contributed by atoms with van der Waals surface area (Å²) >= 11 is 0. The van der Waals surface area contributed by atoms with Crippen LogP contribution in [-0.4, -0.2) is 62.0 Å². The van der Waals surface area contributed by atoms with E-state index in [0.717, 1.165) is 70.2 Å². The van der Waals surface area contributed by atoms with Gasteiger partial charge in [0.2, 0.25) is 0 Å². The highest BCUT2D eigenvalue weighted by Crippen LogP contribution is 2.44. The molecule has 0 aromatic heterocycles. The molecule has 2 fully saturated rings. The van der Waals surface area contributed by atoms with Crippen LogP contribution in [0.3, 0.4) is 0 Å². The Morgan fingerprint density at radius 1 is 0.925 bits per heavy atom. The third-order valence-corrected chi connectivity index (χ3v) is 10.2. The molecule has 2 heterocycles. The Labute approximate surface area is 309 Å². The molecule has 0 spiro atoms. The Morgan fingerprint density at radius 3 is 2.26 bits per heavy atom. The lowest BCUT2D eigenvalue weighted by atomic mass is 9.92. The van der Waals surface area contributed by atoms with Crippen molar-refractivity contribution in [1.29, 1.82) is 0 Å². The molecule has 2 aliphatic heterocycles. The van der Waals surface area contributed by atoms with Gasteiger partial charge in [0.15, 0.2) is 0 Å². The van der Waals surface area contributed by atoms with Crippen molar-refractivity contribution < 1.29 is 36.9 Å². The van der Waals surface area contributed by atoms with E-state index in [1.54, 1.807) is 27.2 Å². The second-order valence-corrected chi connectivity index (χ2v) is 13.8. The Balaban J connectivity index is 0.000000224. The third-order valence-electron chi connectivity index (χ3n) is 10.2. The predicted octanol–water partition coefficient (Wildman–Crippen LogP) is 9.51. The topological polar surface area (TPSA) is 88.3 Å². The van der Waals surface area contributed by atoms with Gasteiger partial charge in [-0.2, -0.15) is 13.2 Å². The fraction of sp³-hybridized carbons (Fsp3) is 0.405. The van der Waals surface area contributed by atoms with Crippen molar-refractivity contribution in [2.45, 2.75) is 77.1 Å². The Bertz CT molecular complexity index is 1900. The molecule has 11 heteroatoms. The maximum Gasteiger partial charge on any atom is 0.408 e. The lowest BCUT2D eigenvalue weighted by molar-refractivity contribution is -0.152. The summed E-state index contributed by atoms with van der Waals surface area (Å²) in [7, 11) is 3.41. The highest BCUT2D eigenvalue weighted by Gasteiger charge is 2.44. The Morgan fingerprint density at radius 2 is 1.62 bits per heavy atom. The number of hydrogen-bond acceptors (Lipinski definition) is 6. The molecule has 2 aliphatic rings. The largest absolute Gasteiger partial charge is 0.496 e. The van der Waals surface area contributed by atoms with Gasteiger partial charge in [0.05, 0.1) is 19.8 Å². The SMILES string of the molecule is C=C(N)c1c(C)cc(N2CCCCC2C(F)(F)F)cc1F.COc1ccc(CN2CCCCC2)c(OC)c1-c1cccc2c(CCC(=O)O)cccc12. The van der Waals surface area contributed by atoms with Crippen molar-refractivity contribution in [2.24, 2.45) is 5.73 Å². The number of carboxylic acid groups (broad SMARTS) is 1.